The molecule has 0 bridgehead atoms. The number of nitrogens with zero attached hydrogens (tertiary/aromatic N) is 1. The van der Waals surface area contributed by atoms with Gasteiger partial charge in [0.05, 0.1) is 11.6 Å². The first-order chi connectivity index (χ1) is 9.52. The van der Waals surface area contributed by atoms with Crippen LogP contribution in [0.5, 0.6) is 0 Å². The monoisotopic (exact) mass is 331 g/mol. The minimum absolute atomic E-state index is 0. The van der Waals surface area contributed by atoms with E-state index in [1.54, 1.807) is 37.0 Å². The summed E-state index contributed by atoms with van der Waals surface area (Å²) in [5.41, 5.74) is 7.51. The maximum absolute atomic E-state index is 11.9. The van der Waals surface area contributed by atoms with Crippen LogP contribution in [0.2, 0.25) is 0 Å². The predicted octanol–water partition coefficient (Wildman–Crippen LogP) is 1.57. The summed E-state index contributed by atoms with van der Waals surface area (Å²) in [4.78, 5) is 23.3. The highest BCUT2D eigenvalue weighted by Gasteiger charge is 2.14. The van der Waals surface area contributed by atoms with Crippen LogP contribution in [0.25, 0.3) is 11.1 Å². The van der Waals surface area contributed by atoms with E-state index in [1.807, 2.05) is 6.26 Å². The van der Waals surface area contributed by atoms with E-state index < -0.39 is 11.8 Å². The molecule has 2 aromatic rings. The van der Waals surface area contributed by atoms with E-state index in [4.69, 9.17) is 10.2 Å². The summed E-state index contributed by atoms with van der Waals surface area (Å²) in [7, 11) is 1.62. The molecule has 8 heteroatoms. The number of hydrogen-bond donors (Lipinski definition) is 2. The van der Waals surface area contributed by atoms with E-state index in [1.165, 1.54) is 4.57 Å². The molecule has 1 aromatic heterocycles. The molecule has 0 unspecified atom stereocenters. The fourth-order valence-electron chi connectivity index (χ4n) is 1.82. The second kappa shape index (κ2) is 7.53. The molecule has 1 amide bonds. The number of benzene rings is 1. The third-order valence-electron chi connectivity index (χ3n) is 3.03. The van der Waals surface area contributed by atoms with Crippen LogP contribution in [0.1, 0.15) is 6.42 Å². The van der Waals surface area contributed by atoms with Gasteiger partial charge < -0.3 is 15.5 Å². The molecule has 1 heterocycles. The second-order valence-corrected chi connectivity index (χ2v) is 5.47. The largest absolute Gasteiger partial charge is 0.419 e. The maximum Gasteiger partial charge on any atom is 0.419 e. The lowest BCUT2D eigenvalue weighted by Gasteiger charge is -2.11. The topological polar surface area (TPSA) is 90.3 Å². The van der Waals surface area contributed by atoms with E-state index in [-0.39, 0.29) is 18.3 Å². The summed E-state index contributed by atoms with van der Waals surface area (Å²) in [5.74, 6) is 0.177. The van der Waals surface area contributed by atoms with Crippen LogP contribution in [0.3, 0.4) is 0 Å². The Morgan fingerprint density at radius 3 is 2.90 bits per heavy atom. The van der Waals surface area contributed by atoms with Crippen molar-refractivity contribution in [2.75, 3.05) is 17.3 Å². The normalized spacial score (nSPS) is 12.0. The van der Waals surface area contributed by atoms with Crippen molar-refractivity contribution in [3.05, 3.63) is 28.7 Å². The van der Waals surface area contributed by atoms with Gasteiger partial charge in [-0.3, -0.25) is 9.36 Å². The van der Waals surface area contributed by atoms with E-state index in [9.17, 15) is 9.59 Å². The number of aromatic nitrogens is 1. The van der Waals surface area contributed by atoms with E-state index >= 15 is 0 Å². The Labute approximate surface area is 132 Å². The summed E-state index contributed by atoms with van der Waals surface area (Å²) < 4.78 is 6.41. The predicted molar refractivity (Wildman–Crippen MR) is 88.3 cm³/mol. The molecule has 0 aliphatic heterocycles. The number of aryl methyl sites for hydroxylation is 1. The standard InChI is InChI=1S/C13H17N3O3S.ClH/c1-16-10-7-8(3-4-11(10)19-13(16)18)15-12(17)9(14)5-6-20-2;/h3-4,7,9H,5-6,14H2,1-2H3,(H,15,17);1H/t9-;/m0./s1. The Kier molecular flexibility index (Phi) is 6.32. The van der Waals surface area contributed by atoms with Gasteiger partial charge in [-0.2, -0.15) is 11.8 Å². The van der Waals surface area contributed by atoms with Crippen molar-refractivity contribution in [1.82, 2.24) is 4.57 Å². The molecule has 1 aromatic carbocycles. The van der Waals surface area contributed by atoms with Crippen LogP contribution in [-0.2, 0) is 11.8 Å². The number of carbonyl (C=O) groups is 1. The van der Waals surface area contributed by atoms with E-state index in [0.717, 1.165) is 5.75 Å². The molecule has 3 N–H and O–H groups in total. The number of rotatable bonds is 5. The van der Waals surface area contributed by atoms with Crippen LogP contribution >= 0.6 is 24.2 Å². The second-order valence-electron chi connectivity index (χ2n) is 4.49. The average molecular weight is 332 g/mol. The van der Waals surface area contributed by atoms with Crippen LogP contribution < -0.4 is 16.8 Å². The van der Waals surface area contributed by atoms with Crippen molar-refractivity contribution in [3.8, 4) is 0 Å². The molecular formula is C13H18ClN3O3S. The number of anilines is 1. The highest BCUT2D eigenvalue weighted by Crippen LogP contribution is 2.18. The van der Waals surface area contributed by atoms with Crippen LogP contribution in [-0.4, -0.2) is 28.5 Å². The lowest BCUT2D eigenvalue weighted by molar-refractivity contribution is -0.117. The number of hydrogen-bond acceptors (Lipinski definition) is 5. The number of fused-ring (bicyclic) bond motifs is 1. The number of carbonyl (C=O) groups excluding carboxylic acids is 1. The zero-order valence-corrected chi connectivity index (χ0v) is 13.4. The Bertz CT molecular complexity index is 683. The van der Waals surface area contributed by atoms with E-state index in [2.05, 4.69) is 5.32 Å². The van der Waals surface area contributed by atoms with Gasteiger partial charge in [0.25, 0.3) is 0 Å². The number of oxazole rings is 1. The molecule has 116 valence electrons. The highest BCUT2D eigenvalue weighted by molar-refractivity contribution is 7.98. The molecule has 0 radical (unpaired) electrons. The molecule has 0 aliphatic rings. The molecule has 0 aliphatic carbocycles. The van der Waals surface area contributed by atoms with Crippen molar-refractivity contribution in [1.29, 1.82) is 0 Å². The highest BCUT2D eigenvalue weighted by atomic mass is 35.5. The first-order valence-corrected chi connectivity index (χ1v) is 7.57. The van der Waals surface area contributed by atoms with Crippen molar-refractivity contribution in [2.45, 2.75) is 12.5 Å². The van der Waals surface area contributed by atoms with Crippen LogP contribution in [0, 0.1) is 0 Å². The van der Waals surface area contributed by atoms with Crippen molar-refractivity contribution in [2.24, 2.45) is 12.8 Å². The smallest absolute Gasteiger partial charge is 0.408 e. The van der Waals surface area contributed by atoms with Gasteiger partial charge in [0.2, 0.25) is 5.91 Å². The van der Waals surface area contributed by atoms with Crippen molar-refractivity contribution >= 4 is 46.9 Å². The molecule has 2 rings (SSSR count). The number of amides is 1. The molecular weight excluding hydrogens is 314 g/mol. The average Bonchev–Trinajstić information content (AvgIpc) is 2.71. The van der Waals surface area contributed by atoms with Gasteiger partial charge in [-0.25, -0.2) is 4.79 Å². The Morgan fingerprint density at radius 1 is 1.52 bits per heavy atom. The lowest BCUT2D eigenvalue weighted by Crippen LogP contribution is -2.36. The van der Waals surface area contributed by atoms with Gasteiger partial charge in [-0.05, 0) is 36.6 Å². The maximum atomic E-state index is 11.9. The van der Waals surface area contributed by atoms with Gasteiger partial charge in [-0.1, -0.05) is 0 Å². The van der Waals surface area contributed by atoms with Gasteiger partial charge in [0, 0.05) is 12.7 Å². The van der Waals surface area contributed by atoms with Crippen LogP contribution in [0.4, 0.5) is 5.69 Å². The summed E-state index contributed by atoms with van der Waals surface area (Å²) in [5, 5.41) is 2.75. The molecule has 0 saturated heterocycles. The van der Waals surface area contributed by atoms with Crippen molar-refractivity contribution in [3.63, 3.8) is 0 Å². The van der Waals surface area contributed by atoms with Gasteiger partial charge in [0.15, 0.2) is 5.58 Å². The number of nitrogens with one attached hydrogen (secondary N) is 1. The lowest BCUT2D eigenvalue weighted by atomic mass is 10.2. The molecule has 21 heavy (non-hydrogen) atoms. The molecule has 1 atom stereocenters. The fourth-order valence-corrected chi connectivity index (χ4v) is 2.30. The summed E-state index contributed by atoms with van der Waals surface area (Å²) >= 11 is 1.65. The Hall–Kier alpha value is -1.44. The first kappa shape index (κ1) is 17.6. The van der Waals surface area contributed by atoms with Crippen molar-refractivity contribution < 1.29 is 9.21 Å². The number of thioether (sulfide) groups is 1. The molecule has 6 nitrogen and oxygen atoms in total. The molecule has 0 spiro atoms. The number of nitrogens with two attached hydrogens (primary N) is 1. The third-order valence-corrected chi connectivity index (χ3v) is 3.67. The zero-order chi connectivity index (χ0) is 14.7. The number of halogens is 1. The minimum atomic E-state index is -0.536. The summed E-state index contributed by atoms with van der Waals surface area (Å²) in [6.07, 6.45) is 2.59. The fraction of sp³-hybridized carbons (Fsp3) is 0.385. The zero-order valence-electron chi connectivity index (χ0n) is 11.8. The molecule has 0 saturated carbocycles. The van der Waals surface area contributed by atoms with E-state index in [0.29, 0.717) is 23.2 Å². The Balaban J connectivity index is 0.00000220. The quantitative estimate of drug-likeness (QED) is 0.868. The minimum Gasteiger partial charge on any atom is -0.408 e. The first-order valence-electron chi connectivity index (χ1n) is 6.18. The van der Waals surface area contributed by atoms with Crippen LogP contribution in [0.15, 0.2) is 27.4 Å². The summed E-state index contributed by atoms with van der Waals surface area (Å²) in [6.45, 7) is 0. The van der Waals surface area contributed by atoms with Gasteiger partial charge >= 0.3 is 5.76 Å². The summed E-state index contributed by atoms with van der Waals surface area (Å²) in [6, 6.07) is 4.50. The van der Waals surface area contributed by atoms with Gasteiger partial charge in [-0.15, -0.1) is 12.4 Å². The Morgan fingerprint density at radius 2 is 2.24 bits per heavy atom. The SMILES string of the molecule is CSCC[C@H](N)C(=O)Nc1ccc2oc(=O)n(C)c2c1.Cl. The third kappa shape index (κ3) is 4.03. The van der Waals surface area contributed by atoms with Gasteiger partial charge in [0.1, 0.15) is 0 Å². The molecule has 0 fully saturated rings.